The molecule has 0 saturated carbocycles. The zero-order valence-electron chi connectivity index (χ0n) is 15.2. The van der Waals surface area contributed by atoms with E-state index in [0.29, 0.717) is 17.6 Å². The van der Waals surface area contributed by atoms with Crippen molar-refractivity contribution in [3.63, 3.8) is 0 Å². The number of likely N-dealkylation sites (N-methyl/N-ethyl adjacent to an activating group) is 1. The third-order valence-electron chi connectivity index (χ3n) is 5.09. The number of hydrogen-bond acceptors (Lipinski definition) is 3. The second-order valence-electron chi connectivity index (χ2n) is 6.63. The van der Waals surface area contributed by atoms with Crippen LogP contribution in [0.3, 0.4) is 0 Å². The molecule has 2 aliphatic rings. The average Bonchev–Trinajstić information content (AvgIpc) is 3.12. The maximum absolute atomic E-state index is 13.1. The van der Waals surface area contributed by atoms with Crippen LogP contribution in [0.2, 0.25) is 5.02 Å². The lowest BCUT2D eigenvalue weighted by Gasteiger charge is -2.32. The Labute approximate surface area is 175 Å². The quantitative estimate of drug-likeness (QED) is 0.701. The molecule has 0 radical (unpaired) electrons. The molecule has 144 valence electrons. The largest absolute Gasteiger partial charge is 0.336 e. The van der Waals surface area contributed by atoms with Crippen molar-refractivity contribution in [1.29, 1.82) is 0 Å². The second kappa shape index (κ2) is 8.74. The fourth-order valence-corrected chi connectivity index (χ4v) is 4.98. The van der Waals surface area contributed by atoms with Crippen molar-refractivity contribution in [2.24, 2.45) is 0 Å². The second-order valence-corrected chi connectivity index (χ2v) is 8.15. The fourth-order valence-electron chi connectivity index (χ4n) is 3.77. The normalized spacial score (nSPS) is 18.4. The predicted octanol–water partition coefficient (Wildman–Crippen LogP) is 5.56. The summed E-state index contributed by atoms with van der Waals surface area (Å²) in [6.07, 6.45) is 2.35. The number of urea groups is 1. The number of nitrogens with one attached hydrogen (secondary N) is 1. The minimum atomic E-state index is -0.0933. The van der Waals surface area contributed by atoms with Crippen LogP contribution in [0.15, 0.2) is 52.3 Å². The first kappa shape index (κ1) is 20.3. The van der Waals surface area contributed by atoms with Gasteiger partial charge in [-0.1, -0.05) is 42.4 Å². The van der Waals surface area contributed by atoms with Gasteiger partial charge in [-0.3, -0.25) is 9.80 Å². The van der Waals surface area contributed by atoms with Crippen LogP contribution in [0, 0.1) is 0 Å². The maximum Gasteiger partial charge on any atom is 0.326 e. The van der Waals surface area contributed by atoms with Crippen molar-refractivity contribution in [1.82, 2.24) is 10.2 Å². The Morgan fingerprint density at radius 2 is 2.00 bits per heavy atom. The molecule has 27 heavy (non-hydrogen) atoms. The number of nitrogens with zero attached hydrogens (tertiary/aromatic N) is 2. The molecule has 0 aliphatic carbocycles. The van der Waals surface area contributed by atoms with Crippen molar-refractivity contribution in [3.05, 3.63) is 47.5 Å². The molecule has 4 nitrogen and oxygen atoms in total. The van der Waals surface area contributed by atoms with E-state index in [4.69, 9.17) is 11.6 Å². The summed E-state index contributed by atoms with van der Waals surface area (Å²) < 4.78 is 0. The molecule has 1 atom stereocenters. The lowest BCUT2D eigenvalue weighted by molar-refractivity contribution is 0.235. The molecule has 2 aliphatic heterocycles. The summed E-state index contributed by atoms with van der Waals surface area (Å²) in [4.78, 5) is 19.4. The molecule has 0 aromatic heterocycles. The van der Waals surface area contributed by atoms with Crippen molar-refractivity contribution in [2.45, 2.75) is 35.6 Å². The van der Waals surface area contributed by atoms with Crippen LogP contribution in [0.4, 0.5) is 16.2 Å². The molecular weight excluding hydrogens is 401 g/mol. The average molecular weight is 424 g/mol. The molecule has 2 heterocycles. The third kappa shape index (κ3) is 4.06. The highest BCUT2D eigenvalue weighted by Gasteiger charge is 2.30. The molecule has 1 fully saturated rings. The van der Waals surface area contributed by atoms with Crippen LogP contribution in [-0.4, -0.2) is 36.6 Å². The van der Waals surface area contributed by atoms with Gasteiger partial charge in [-0.15, -0.1) is 12.4 Å². The fraction of sp³-hybridized carbons (Fsp3) is 0.350. The molecule has 7 heteroatoms. The monoisotopic (exact) mass is 423 g/mol. The minimum Gasteiger partial charge on any atom is -0.336 e. The molecule has 2 aromatic carbocycles. The standard InChI is InChI=1S/C20H22ClN3OS.ClH/c1-2-23-11-5-6-15(23)13-22-20(25)24-16-7-3-4-8-18(16)26-19-10-9-14(21)12-17(19)24;/h3-4,7-10,12,15H,2,5-6,11,13H2,1H3,(H,22,25);1H. The third-order valence-corrected chi connectivity index (χ3v) is 6.45. The Hall–Kier alpha value is -1.40. The molecule has 2 aromatic rings. The van der Waals surface area contributed by atoms with Gasteiger partial charge < -0.3 is 5.32 Å². The summed E-state index contributed by atoms with van der Waals surface area (Å²) in [6, 6.07) is 14.1. The number of carbonyl (C=O) groups is 1. The van der Waals surface area contributed by atoms with Crippen LogP contribution in [0.5, 0.6) is 0 Å². The molecule has 4 rings (SSSR count). The molecular formula is C20H23Cl2N3OS. The van der Waals surface area contributed by atoms with Crippen LogP contribution in [0.25, 0.3) is 0 Å². The van der Waals surface area contributed by atoms with Gasteiger partial charge in [0.25, 0.3) is 0 Å². The van der Waals surface area contributed by atoms with Gasteiger partial charge in [0.1, 0.15) is 0 Å². The lowest BCUT2D eigenvalue weighted by atomic mass is 10.2. The highest BCUT2D eigenvalue weighted by molar-refractivity contribution is 7.99. The number of fused-ring (bicyclic) bond motifs is 2. The SMILES string of the molecule is CCN1CCCC1CNC(=O)N1c2ccccc2Sc2ccc(Cl)cc21.Cl. The molecule has 0 bridgehead atoms. The smallest absolute Gasteiger partial charge is 0.326 e. The summed E-state index contributed by atoms with van der Waals surface area (Å²) in [5.41, 5.74) is 1.75. The zero-order chi connectivity index (χ0) is 18.1. The van der Waals surface area contributed by atoms with Gasteiger partial charge in [0.15, 0.2) is 0 Å². The van der Waals surface area contributed by atoms with Crippen LogP contribution in [0.1, 0.15) is 19.8 Å². The van der Waals surface area contributed by atoms with Crippen LogP contribution < -0.4 is 10.2 Å². The highest BCUT2D eigenvalue weighted by Crippen LogP contribution is 2.48. The molecule has 1 unspecified atom stereocenters. The van der Waals surface area contributed by atoms with Crippen molar-refractivity contribution < 1.29 is 4.79 Å². The van der Waals surface area contributed by atoms with E-state index >= 15 is 0 Å². The molecule has 2 amide bonds. The summed E-state index contributed by atoms with van der Waals surface area (Å²) in [7, 11) is 0. The highest BCUT2D eigenvalue weighted by atomic mass is 35.5. The van der Waals surface area contributed by atoms with E-state index < -0.39 is 0 Å². The van der Waals surface area contributed by atoms with Gasteiger partial charge in [0.2, 0.25) is 0 Å². The number of amides is 2. The summed E-state index contributed by atoms with van der Waals surface area (Å²) in [6.45, 7) is 5.01. The number of para-hydroxylation sites is 1. The maximum atomic E-state index is 13.1. The van der Waals surface area contributed by atoms with Crippen LogP contribution in [-0.2, 0) is 0 Å². The van der Waals surface area contributed by atoms with E-state index in [0.717, 1.165) is 40.7 Å². The summed E-state index contributed by atoms with van der Waals surface area (Å²) in [5.74, 6) is 0. The number of rotatable bonds is 3. The van der Waals surface area contributed by atoms with Gasteiger partial charge in [-0.05, 0) is 56.3 Å². The Morgan fingerprint density at radius 3 is 2.81 bits per heavy atom. The van der Waals surface area contributed by atoms with Gasteiger partial charge in [0, 0.05) is 27.4 Å². The zero-order valence-corrected chi connectivity index (χ0v) is 17.5. The number of halogens is 2. The van der Waals surface area contributed by atoms with E-state index in [-0.39, 0.29) is 18.4 Å². The molecule has 0 spiro atoms. The molecule has 1 N–H and O–H groups in total. The van der Waals surface area contributed by atoms with Crippen molar-refractivity contribution in [2.75, 3.05) is 24.5 Å². The van der Waals surface area contributed by atoms with Gasteiger partial charge in [-0.25, -0.2) is 4.79 Å². The Balaban J connectivity index is 0.00000210. The first-order valence-electron chi connectivity index (χ1n) is 9.06. The summed E-state index contributed by atoms with van der Waals surface area (Å²) >= 11 is 7.89. The number of anilines is 2. The van der Waals surface area contributed by atoms with E-state index in [1.165, 1.54) is 6.42 Å². The van der Waals surface area contributed by atoms with Crippen molar-refractivity contribution in [3.8, 4) is 0 Å². The van der Waals surface area contributed by atoms with E-state index in [1.807, 2.05) is 42.5 Å². The number of hydrogen-bond donors (Lipinski definition) is 1. The Morgan fingerprint density at radius 1 is 1.22 bits per heavy atom. The first-order chi connectivity index (χ1) is 12.7. The Kier molecular flexibility index (Phi) is 6.58. The summed E-state index contributed by atoms with van der Waals surface area (Å²) in [5, 5.41) is 3.79. The Bertz CT molecular complexity index is 833. The first-order valence-corrected chi connectivity index (χ1v) is 10.2. The number of carbonyl (C=O) groups excluding carboxylic acids is 1. The van der Waals surface area contributed by atoms with Gasteiger partial charge >= 0.3 is 6.03 Å². The minimum absolute atomic E-state index is 0. The van der Waals surface area contributed by atoms with E-state index in [1.54, 1.807) is 16.7 Å². The van der Waals surface area contributed by atoms with Crippen molar-refractivity contribution >= 4 is 53.2 Å². The number of likely N-dealkylation sites (tertiary alicyclic amines) is 1. The molecule has 1 saturated heterocycles. The van der Waals surface area contributed by atoms with E-state index in [9.17, 15) is 4.79 Å². The lowest BCUT2D eigenvalue weighted by Crippen LogP contribution is -2.45. The topological polar surface area (TPSA) is 35.6 Å². The number of benzene rings is 2. The van der Waals surface area contributed by atoms with Gasteiger partial charge in [0.05, 0.1) is 11.4 Å². The van der Waals surface area contributed by atoms with Crippen LogP contribution >= 0.6 is 35.8 Å². The van der Waals surface area contributed by atoms with Gasteiger partial charge in [-0.2, -0.15) is 0 Å². The predicted molar refractivity (Wildman–Crippen MR) is 115 cm³/mol. The van der Waals surface area contributed by atoms with E-state index in [2.05, 4.69) is 17.1 Å².